The van der Waals surface area contributed by atoms with Crippen molar-refractivity contribution in [1.82, 2.24) is 10.2 Å². The summed E-state index contributed by atoms with van der Waals surface area (Å²) >= 11 is 0. The van der Waals surface area contributed by atoms with Crippen LogP contribution in [0.25, 0.3) is 11.0 Å². The van der Waals surface area contributed by atoms with Gasteiger partial charge in [0.25, 0.3) is 5.91 Å². The number of carbonyl (C=O) groups is 1. The first-order valence-electron chi connectivity index (χ1n) is 6.21. The molecule has 18 heavy (non-hydrogen) atoms. The molecule has 94 valence electrons. The average Bonchev–Trinajstić information content (AvgIpc) is 3.06. The molecule has 1 atom stereocenters. The fourth-order valence-electron chi connectivity index (χ4n) is 2.47. The molecule has 4 nitrogen and oxygen atoms in total. The quantitative estimate of drug-likeness (QED) is 0.877. The predicted octanol–water partition coefficient (Wildman–Crippen LogP) is 1.87. The van der Waals surface area contributed by atoms with Gasteiger partial charge in [0, 0.05) is 25.0 Å². The van der Waals surface area contributed by atoms with Crippen molar-refractivity contribution in [3.8, 4) is 0 Å². The van der Waals surface area contributed by atoms with Gasteiger partial charge in [0.1, 0.15) is 11.8 Å². The molecule has 1 aliphatic rings. The highest BCUT2D eigenvalue weighted by molar-refractivity contribution is 6.05. The maximum absolute atomic E-state index is 12.4. The minimum Gasteiger partial charge on any atom is -0.463 e. The first-order valence-corrected chi connectivity index (χ1v) is 6.21. The van der Waals surface area contributed by atoms with Gasteiger partial charge in [0.2, 0.25) is 0 Å². The molecule has 2 aromatic rings. The fourth-order valence-corrected chi connectivity index (χ4v) is 2.47. The monoisotopic (exact) mass is 244 g/mol. The van der Waals surface area contributed by atoms with E-state index in [1.54, 1.807) is 6.26 Å². The summed E-state index contributed by atoms with van der Waals surface area (Å²) < 4.78 is 5.42. The number of fused-ring (bicyclic) bond motifs is 1. The van der Waals surface area contributed by atoms with Gasteiger partial charge in [0.15, 0.2) is 0 Å². The number of hydrogen-bond acceptors (Lipinski definition) is 3. The van der Waals surface area contributed by atoms with Crippen molar-refractivity contribution in [2.75, 3.05) is 20.1 Å². The van der Waals surface area contributed by atoms with E-state index in [0.717, 1.165) is 30.5 Å². The molecule has 1 amide bonds. The number of rotatable bonds is 2. The lowest BCUT2D eigenvalue weighted by molar-refractivity contribution is 0.0745. The van der Waals surface area contributed by atoms with E-state index in [9.17, 15) is 4.79 Å². The smallest absolute Gasteiger partial charge is 0.257 e. The molecule has 0 radical (unpaired) electrons. The van der Waals surface area contributed by atoms with E-state index < -0.39 is 0 Å². The maximum atomic E-state index is 12.4. The molecule has 1 fully saturated rings. The Kier molecular flexibility index (Phi) is 2.80. The molecule has 1 aromatic carbocycles. The molecule has 3 rings (SSSR count). The Labute approximate surface area is 106 Å². The number of carbonyl (C=O) groups excluding carboxylic acids is 1. The van der Waals surface area contributed by atoms with Crippen LogP contribution in [0.5, 0.6) is 0 Å². The van der Waals surface area contributed by atoms with Crippen molar-refractivity contribution in [3.05, 3.63) is 36.1 Å². The van der Waals surface area contributed by atoms with Crippen LogP contribution in [0, 0.1) is 0 Å². The largest absolute Gasteiger partial charge is 0.463 e. The second kappa shape index (κ2) is 4.46. The van der Waals surface area contributed by atoms with Crippen molar-refractivity contribution in [3.63, 3.8) is 0 Å². The van der Waals surface area contributed by atoms with Crippen LogP contribution in [0.15, 0.2) is 34.9 Å². The summed E-state index contributed by atoms with van der Waals surface area (Å²) in [6.07, 6.45) is 2.57. The molecule has 0 aliphatic carbocycles. The standard InChI is InChI=1S/C14H16N2O2/c1-16(10-6-7-15-8-10)14(17)12-9-18-13-5-3-2-4-11(12)13/h2-5,9-10,15H,6-8H2,1H3. The van der Waals surface area contributed by atoms with E-state index in [2.05, 4.69) is 5.32 Å². The van der Waals surface area contributed by atoms with Crippen LogP contribution in [0.3, 0.4) is 0 Å². The second-order valence-corrected chi connectivity index (χ2v) is 4.71. The first-order chi connectivity index (χ1) is 8.77. The van der Waals surface area contributed by atoms with Crippen molar-refractivity contribution in [2.24, 2.45) is 0 Å². The van der Waals surface area contributed by atoms with Crippen LogP contribution in [0.4, 0.5) is 0 Å². The summed E-state index contributed by atoms with van der Waals surface area (Å²) in [6.45, 7) is 1.85. The lowest BCUT2D eigenvalue weighted by atomic mass is 10.1. The van der Waals surface area contributed by atoms with Crippen LogP contribution in [0.1, 0.15) is 16.8 Å². The van der Waals surface area contributed by atoms with E-state index >= 15 is 0 Å². The first kappa shape index (κ1) is 11.3. The molecule has 1 aliphatic heterocycles. The van der Waals surface area contributed by atoms with Crippen LogP contribution < -0.4 is 5.32 Å². The minimum atomic E-state index is 0.0358. The van der Waals surface area contributed by atoms with Gasteiger partial charge in [-0.05, 0) is 19.0 Å². The Morgan fingerprint density at radius 2 is 2.28 bits per heavy atom. The molecular formula is C14H16N2O2. The maximum Gasteiger partial charge on any atom is 0.257 e. The van der Waals surface area contributed by atoms with Gasteiger partial charge in [-0.15, -0.1) is 0 Å². The van der Waals surface area contributed by atoms with Gasteiger partial charge >= 0.3 is 0 Å². The molecule has 2 heterocycles. The highest BCUT2D eigenvalue weighted by Gasteiger charge is 2.25. The Balaban J connectivity index is 1.91. The molecule has 0 spiro atoms. The van der Waals surface area contributed by atoms with Gasteiger partial charge in [0.05, 0.1) is 5.56 Å². The Morgan fingerprint density at radius 3 is 3.06 bits per heavy atom. The Morgan fingerprint density at radius 1 is 1.44 bits per heavy atom. The lowest BCUT2D eigenvalue weighted by Gasteiger charge is -2.23. The van der Waals surface area contributed by atoms with E-state index in [1.165, 1.54) is 0 Å². The average molecular weight is 244 g/mol. The molecule has 1 N–H and O–H groups in total. The number of benzene rings is 1. The predicted molar refractivity (Wildman–Crippen MR) is 69.6 cm³/mol. The molecule has 1 unspecified atom stereocenters. The topological polar surface area (TPSA) is 45.5 Å². The third-order valence-corrected chi connectivity index (χ3v) is 3.61. The van der Waals surface area contributed by atoms with E-state index in [0.29, 0.717) is 5.56 Å². The zero-order valence-electron chi connectivity index (χ0n) is 10.3. The van der Waals surface area contributed by atoms with Gasteiger partial charge in [-0.2, -0.15) is 0 Å². The summed E-state index contributed by atoms with van der Waals surface area (Å²) in [4.78, 5) is 14.3. The van der Waals surface area contributed by atoms with Gasteiger partial charge in [-0.3, -0.25) is 4.79 Å². The minimum absolute atomic E-state index is 0.0358. The van der Waals surface area contributed by atoms with E-state index in [4.69, 9.17) is 4.42 Å². The van der Waals surface area contributed by atoms with Crippen LogP contribution in [-0.2, 0) is 0 Å². The number of hydrogen-bond donors (Lipinski definition) is 1. The van der Waals surface area contributed by atoms with Gasteiger partial charge in [-0.25, -0.2) is 0 Å². The molecule has 0 bridgehead atoms. The van der Waals surface area contributed by atoms with E-state index in [-0.39, 0.29) is 11.9 Å². The SMILES string of the molecule is CN(C(=O)c1coc2ccccc12)C1CCNC1. The number of nitrogens with one attached hydrogen (secondary N) is 1. The summed E-state index contributed by atoms with van der Waals surface area (Å²) in [6, 6.07) is 7.91. The summed E-state index contributed by atoms with van der Waals surface area (Å²) in [7, 11) is 1.86. The van der Waals surface area contributed by atoms with Crippen molar-refractivity contribution in [2.45, 2.75) is 12.5 Å². The third kappa shape index (κ3) is 1.78. The van der Waals surface area contributed by atoms with Crippen LogP contribution in [-0.4, -0.2) is 37.0 Å². The zero-order valence-corrected chi connectivity index (χ0v) is 10.3. The molecular weight excluding hydrogens is 228 g/mol. The Bertz CT molecular complexity index is 570. The Hall–Kier alpha value is -1.81. The number of nitrogens with zero attached hydrogens (tertiary/aromatic N) is 1. The molecule has 0 saturated carbocycles. The highest BCUT2D eigenvalue weighted by atomic mass is 16.3. The molecule has 4 heteroatoms. The van der Waals surface area contributed by atoms with Crippen LogP contribution >= 0.6 is 0 Å². The number of para-hydroxylation sites is 1. The summed E-state index contributed by atoms with van der Waals surface area (Å²) in [5.41, 5.74) is 1.42. The second-order valence-electron chi connectivity index (χ2n) is 4.71. The number of amides is 1. The number of likely N-dealkylation sites (N-methyl/N-ethyl adjacent to an activating group) is 1. The van der Waals surface area contributed by atoms with Gasteiger partial charge in [-0.1, -0.05) is 18.2 Å². The van der Waals surface area contributed by atoms with Crippen molar-refractivity contribution in [1.29, 1.82) is 0 Å². The third-order valence-electron chi connectivity index (χ3n) is 3.61. The van der Waals surface area contributed by atoms with Crippen molar-refractivity contribution < 1.29 is 9.21 Å². The van der Waals surface area contributed by atoms with Crippen LogP contribution in [0.2, 0.25) is 0 Å². The highest BCUT2D eigenvalue weighted by Crippen LogP contribution is 2.23. The number of furan rings is 1. The molecule has 1 aromatic heterocycles. The zero-order chi connectivity index (χ0) is 12.5. The lowest BCUT2D eigenvalue weighted by Crippen LogP contribution is -2.38. The van der Waals surface area contributed by atoms with Crippen molar-refractivity contribution >= 4 is 16.9 Å². The summed E-state index contributed by atoms with van der Waals surface area (Å²) in [5.74, 6) is 0.0358. The van der Waals surface area contributed by atoms with E-state index in [1.807, 2.05) is 36.2 Å². The molecule has 1 saturated heterocycles. The summed E-state index contributed by atoms with van der Waals surface area (Å²) in [5, 5.41) is 4.16. The van der Waals surface area contributed by atoms with Gasteiger partial charge < -0.3 is 14.6 Å². The fraction of sp³-hybridized carbons (Fsp3) is 0.357. The normalized spacial score (nSPS) is 19.3.